The molecule has 0 radical (unpaired) electrons. The van der Waals surface area contributed by atoms with E-state index in [-0.39, 0.29) is 17.9 Å². The van der Waals surface area contributed by atoms with Gasteiger partial charge in [0, 0.05) is 10.6 Å². The molecule has 3 aromatic rings. The smallest absolute Gasteiger partial charge is 0.307 e. The Morgan fingerprint density at radius 1 is 1.23 bits per heavy atom. The summed E-state index contributed by atoms with van der Waals surface area (Å²) in [7, 11) is 0. The number of benzene rings is 2. The monoisotopic (exact) mass is 388 g/mol. The van der Waals surface area contributed by atoms with Gasteiger partial charge in [0.1, 0.15) is 11.9 Å². The summed E-state index contributed by atoms with van der Waals surface area (Å²) in [6.07, 6.45) is 0.282. The van der Waals surface area contributed by atoms with Crippen molar-refractivity contribution in [1.82, 2.24) is 4.98 Å². The number of thioether (sulfide) groups is 1. The van der Waals surface area contributed by atoms with E-state index in [1.807, 2.05) is 18.2 Å². The number of hydrogen-bond donors (Lipinski definition) is 0. The Bertz CT molecular complexity index is 874. The third kappa shape index (κ3) is 3.99. The van der Waals surface area contributed by atoms with E-state index in [4.69, 9.17) is 4.74 Å². The van der Waals surface area contributed by atoms with Gasteiger partial charge in [0.25, 0.3) is 0 Å². The number of para-hydroxylation sites is 1. The van der Waals surface area contributed by atoms with Crippen molar-refractivity contribution < 1.29 is 13.9 Å². The zero-order chi connectivity index (χ0) is 17.9. The molecule has 1 aliphatic heterocycles. The predicted molar refractivity (Wildman–Crippen MR) is 103 cm³/mol. The SMILES string of the molecule is O=C(CCSc1ccc(F)cc1)OC1CN(c2nc3ccccc3s2)C1. The first-order valence-corrected chi connectivity index (χ1v) is 10.2. The maximum atomic E-state index is 12.8. The summed E-state index contributed by atoms with van der Waals surface area (Å²) in [6.45, 7) is 1.38. The van der Waals surface area contributed by atoms with Crippen LogP contribution in [-0.4, -0.2) is 35.9 Å². The van der Waals surface area contributed by atoms with Crippen LogP contribution in [0.15, 0.2) is 53.4 Å². The van der Waals surface area contributed by atoms with Crippen molar-refractivity contribution in [2.24, 2.45) is 0 Å². The van der Waals surface area contributed by atoms with E-state index in [0.29, 0.717) is 25.3 Å². The lowest BCUT2D eigenvalue weighted by molar-refractivity contribution is -0.149. The number of fused-ring (bicyclic) bond motifs is 1. The fourth-order valence-corrected chi connectivity index (χ4v) is 4.51. The largest absolute Gasteiger partial charge is 0.459 e. The molecule has 0 N–H and O–H groups in total. The number of halogens is 1. The topological polar surface area (TPSA) is 42.4 Å². The maximum Gasteiger partial charge on any atom is 0.307 e. The summed E-state index contributed by atoms with van der Waals surface area (Å²) in [5.41, 5.74) is 1.01. The van der Waals surface area contributed by atoms with Crippen LogP contribution in [0.4, 0.5) is 9.52 Å². The second-order valence-corrected chi connectivity index (χ2v) is 8.21. The number of aromatic nitrogens is 1. The highest BCUT2D eigenvalue weighted by Gasteiger charge is 2.31. The first kappa shape index (κ1) is 17.3. The van der Waals surface area contributed by atoms with Crippen molar-refractivity contribution in [3.8, 4) is 0 Å². The van der Waals surface area contributed by atoms with Gasteiger partial charge < -0.3 is 9.64 Å². The normalized spacial score (nSPS) is 14.4. The first-order chi connectivity index (χ1) is 12.7. The van der Waals surface area contributed by atoms with E-state index < -0.39 is 0 Å². The first-order valence-electron chi connectivity index (χ1n) is 8.36. The molecule has 4 rings (SSSR count). The third-order valence-electron chi connectivity index (χ3n) is 4.09. The van der Waals surface area contributed by atoms with E-state index in [1.165, 1.54) is 28.6 Å². The summed E-state index contributed by atoms with van der Waals surface area (Å²) in [6, 6.07) is 14.3. The number of carbonyl (C=O) groups excluding carboxylic acids is 1. The van der Waals surface area contributed by atoms with E-state index in [1.54, 1.807) is 23.5 Å². The van der Waals surface area contributed by atoms with Crippen LogP contribution in [0, 0.1) is 5.82 Å². The van der Waals surface area contributed by atoms with Crippen molar-refractivity contribution in [2.75, 3.05) is 23.7 Å². The molecule has 1 saturated heterocycles. The van der Waals surface area contributed by atoms with Crippen LogP contribution in [-0.2, 0) is 9.53 Å². The minimum Gasteiger partial charge on any atom is -0.459 e. The predicted octanol–water partition coefficient (Wildman–Crippen LogP) is 4.35. The second-order valence-electron chi connectivity index (χ2n) is 6.03. The molecule has 0 amide bonds. The van der Waals surface area contributed by atoms with Crippen molar-refractivity contribution >= 4 is 44.4 Å². The Balaban J connectivity index is 1.20. The molecule has 0 spiro atoms. The molecular weight excluding hydrogens is 371 g/mol. The summed E-state index contributed by atoms with van der Waals surface area (Å²) < 4.78 is 19.5. The van der Waals surface area contributed by atoms with Crippen molar-refractivity contribution in [3.05, 3.63) is 54.3 Å². The molecule has 26 heavy (non-hydrogen) atoms. The van der Waals surface area contributed by atoms with Gasteiger partial charge in [0.2, 0.25) is 0 Å². The van der Waals surface area contributed by atoms with E-state index in [2.05, 4.69) is 16.0 Å². The van der Waals surface area contributed by atoms with Crippen LogP contribution >= 0.6 is 23.1 Å². The summed E-state index contributed by atoms with van der Waals surface area (Å²) >= 11 is 3.18. The number of nitrogens with zero attached hydrogens (tertiary/aromatic N) is 2. The Labute approximate surface area is 159 Å². The lowest BCUT2D eigenvalue weighted by Crippen LogP contribution is -2.53. The fourth-order valence-electron chi connectivity index (χ4n) is 2.69. The van der Waals surface area contributed by atoms with Gasteiger partial charge in [-0.05, 0) is 36.4 Å². The Hall–Kier alpha value is -2.12. The number of thiazole rings is 1. The zero-order valence-electron chi connectivity index (χ0n) is 13.9. The van der Waals surface area contributed by atoms with Crippen molar-refractivity contribution in [2.45, 2.75) is 17.4 Å². The lowest BCUT2D eigenvalue weighted by atomic mass is 10.2. The van der Waals surface area contributed by atoms with Gasteiger partial charge in [-0.1, -0.05) is 23.5 Å². The van der Waals surface area contributed by atoms with Crippen LogP contribution in [0.25, 0.3) is 10.2 Å². The molecule has 1 aliphatic rings. The number of esters is 1. The summed E-state index contributed by atoms with van der Waals surface area (Å²) in [5.74, 6) is 0.184. The van der Waals surface area contributed by atoms with Crippen LogP contribution in [0.3, 0.4) is 0 Å². The lowest BCUT2D eigenvalue weighted by Gasteiger charge is -2.38. The van der Waals surface area contributed by atoms with Crippen LogP contribution in [0.2, 0.25) is 0 Å². The van der Waals surface area contributed by atoms with Crippen LogP contribution in [0.1, 0.15) is 6.42 Å². The third-order valence-corrected chi connectivity index (χ3v) is 6.20. The molecule has 2 heterocycles. The number of hydrogen-bond acceptors (Lipinski definition) is 6. The van der Waals surface area contributed by atoms with Gasteiger partial charge in [0.05, 0.1) is 29.7 Å². The standard InChI is InChI=1S/C19H17FN2O2S2/c20-13-5-7-15(8-6-13)25-10-9-18(23)24-14-11-22(12-14)19-21-16-3-1-2-4-17(16)26-19/h1-8,14H,9-12H2. The van der Waals surface area contributed by atoms with Crippen LogP contribution < -0.4 is 4.90 Å². The van der Waals surface area contributed by atoms with E-state index in [0.717, 1.165) is 15.5 Å². The molecule has 0 unspecified atom stereocenters. The molecule has 0 atom stereocenters. The number of ether oxygens (including phenoxy) is 1. The summed E-state index contributed by atoms with van der Waals surface area (Å²) in [4.78, 5) is 19.6. The van der Waals surface area contributed by atoms with E-state index >= 15 is 0 Å². The van der Waals surface area contributed by atoms with Gasteiger partial charge in [-0.2, -0.15) is 0 Å². The molecule has 1 fully saturated rings. The fraction of sp³-hybridized carbons (Fsp3) is 0.263. The highest BCUT2D eigenvalue weighted by Crippen LogP contribution is 2.31. The maximum absolute atomic E-state index is 12.8. The Kier molecular flexibility index (Phi) is 5.08. The highest BCUT2D eigenvalue weighted by atomic mass is 32.2. The van der Waals surface area contributed by atoms with Crippen molar-refractivity contribution in [3.63, 3.8) is 0 Å². The average Bonchev–Trinajstić information content (AvgIpc) is 3.03. The number of rotatable bonds is 6. The molecule has 7 heteroatoms. The molecule has 1 aromatic heterocycles. The van der Waals surface area contributed by atoms with Gasteiger partial charge >= 0.3 is 5.97 Å². The second kappa shape index (κ2) is 7.63. The van der Waals surface area contributed by atoms with Crippen LogP contribution in [0.5, 0.6) is 0 Å². The average molecular weight is 388 g/mol. The molecule has 2 aromatic carbocycles. The molecule has 0 saturated carbocycles. The minimum absolute atomic E-state index is 0.0645. The zero-order valence-corrected chi connectivity index (χ0v) is 15.6. The molecular formula is C19H17FN2O2S2. The van der Waals surface area contributed by atoms with Gasteiger partial charge in [-0.15, -0.1) is 11.8 Å². The Morgan fingerprint density at radius 3 is 2.77 bits per heavy atom. The molecule has 0 bridgehead atoms. The summed E-state index contributed by atoms with van der Waals surface area (Å²) in [5, 5.41) is 0.977. The Morgan fingerprint density at radius 2 is 2.00 bits per heavy atom. The molecule has 0 aliphatic carbocycles. The van der Waals surface area contributed by atoms with E-state index in [9.17, 15) is 9.18 Å². The highest BCUT2D eigenvalue weighted by molar-refractivity contribution is 7.99. The number of carbonyl (C=O) groups is 1. The molecule has 134 valence electrons. The minimum atomic E-state index is -0.253. The van der Waals surface area contributed by atoms with Gasteiger partial charge in [-0.25, -0.2) is 9.37 Å². The van der Waals surface area contributed by atoms with Crippen molar-refractivity contribution in [1.29, 1.82) is 0 Å². The van der Waals surface area contributed by atoms with Gasteiger partial charge in [0.15, 0.2) is 5.13 Å². The quantitative estimate of drug-likeness (QED) is 0.464. The van der Waals surface area contributed by atoms with Gasteiger partial charge in [-0.3, -0.25) is 4.79 Å². The number of anilines is 1. The molecule has 4 nitrogen and oxygen atoms in total.